The van der Waals surface area contributed by atoms with Crippen LogP contribution in [0.2, 0.25) is 6.04 Å². The number of halogens is 2. The van der Waals surface area contributed by atoms with Gasteiger partial charge in [0.1, 0.15) is 0 Å². The van der Waals surface area contributed by atoms with E-state index in [1.165, 1.54) is 6.04 Å². The van der Waals surface area contributed by atoms with Crippen molar-refractivity contribution < 1.29 is 0 Å². The molecule has 0 aliphatic rings. The standard InChI is InChI=1S/C2H6I2Si/c1-2-5(3)4/h5H,2H2,1H3. The third kappa shape index (κ3) is 5.68. The highest BCUT2D eigenvalue weighted by Crippen LogP contribution is 2.07. The molecule has 0 spiro atoms. The summed E-state index contributed by atoms with van der Waals surface area (Å²) >= 11 is 5.06. The quantitative estimate of drug-likeness (QED) is 0.395. The van der Waals surface area contributed by atoms with Gasteiger partial charge in [0.15, 0.2) is 3.79 Å². The summed E-state index contributed by atoms with van der Waals surface area (Å²) in [6.07, 6.45) is 0. The molecule has 5 heavy (non-hydrogen) atoms. The van der Waals surface area contributed by atoms with Gasteiger partial charge in [-0.3, -0.25) is 0 Å². The highest BCUT2D eigenvalue weighted by atomic mass is 127. The molecule has 0 bridgehead atoms. The van der Waals surface area contributed by atoms with Gasteiger partial charge in [0, 0.05) is 0 Å². The Morgan fingerprint density at radius 2 is 1.80 bits per heavy atom. The van der Waals surface area contributed by atoms with Crippen molar-refractivity contribution in [1.29, 1.82) is 0 Å². The van der Waals surface area contributed by atoms with Gasteiger partial charge in [-0.2, -0.15) is 0 Å². The van der Waals surface area contributed by atoms with E-state index in [1.54, 1.807) is 0 Å². The maximum absolute atomic E-state index is 2.53. The van der Waals surface area contributed by atoms with Gasteiger partial charge in [0.25, 0.3) is 0 Å². The zero-order chi connectivity index (χ0) is 4.28. The van der Waals surface area contributed by atoms with E-state index in [9.17, 15) is 0 Å². The van der Waals surface area contributed by atoms with E-state index in [0.29, 0.717) is 0 Å². The minimum Gasteiger partial charge on any atom is -0.109 e. The van der Waals surface area contributed by atoms with Gasteiger partial charge in [-0.15, -0.1) is 43.6 Å². The molecule has 0 rings (SSSR count). The Hall–Kier alpha value is 1.68. The smallest absolute Gasteiger partial charge is 0.109 e. The monoisotopic (exact) mass is 312 g/mol. The molecule has 0 amide bonds. The van der Waals surface area contributed by atoms with Crippen LogP contribution in [0.1, 0.15) is 6.92 Å². The van der Waals surface area contributed by atoms with Crippen LogP contribution in [-0.4, -0.2) is 3.79 Å². The van der Waals surface area contributed by atoms with E-state index in [4.69, 9.17) is 0 Å². The van der Waals surface area contributed by atoms with Crippen molar-refractivity contribution in [3.8, 4) is 0 Å². The fraction of sp³-hybridized carbons (Fsp3) is 1.00. The van der Waals surface area contributed by atoms with Crippen molar-refractivity contribution >= 4 is 47.4 Å². The lowest BCUT2D eigenvalue weighted by Crippen LogP contribution is -1.79. The molecule has 0 fully saturated rings. The number of hydrogen-bond acceptors (Lipinski definition) is 0. The van der Waals surface area contributed by atoms with Crippen LogP contribution in [-0.2, 0) is 0 Å². The Bertz CT molecular complexity index is 21.6. The van der Waals surface area contributed by atoms with Crippen LogP contribution in [0.25, 0.3) is 0 Å². The molecule has 32 valence electrons. The third-order valence-electron chi connectivity index (χ3n) is 0.309. The molecule has 0 radical (unpaired) electrons. The van der Waals surface area contributed by atoms with E-state index in [1.807, 2.05) is 0 Å². The molecule has 0 aliphatic heterocycles. The van der Waals surface area contributed by atoms with Gasteiger partial charge in [0.05, 0.1) is 0 Å². The third-order valence-corrected chi connectivity index (χ3v) is 6.21. The van der Waals surface area contributed by atoms with Crippen LogP contribution < -0.4 is 0 Å². The van der Waals surface area contributed by atoms with Crippen LogP contribution >= 0.6 is 43.6 Å². The van der Waals surface area contributed by atoms with Gasteiger partial charge < -0.3 is 0 Å². The summed E-state index contributed by atoms with van der Waals surface area (Å²) in [4.78, 5) is 0. The van der Waals surface area contributed by atoms with Crippen molar-refractivity contribution in [3.63, 3.8) is 0 Å². The zero-order valence-corrected chi connectivity index (χ0v) is 8.51. The van der Waals surface area contributed by atoms with Crippen molar-refractivity contribution in [2.75, 3.05) is 0 Å². The Labute approximate surface area is 59.8 Å². The average molecular weight is 312 g/mol. The molecule has 0 atom stereocenters. The fourth-order valence-corrected chi connectivity index (χ4v) is 0. The molecule has 0 N–H and O–H groups in total. The van der Waals surface area contributed by atoms with E-state index in [2.05, 4.69) is 50.5 Å². The van der Waals surface area contributed by atoms with Crippen LogP contribution in [0.4, 0.5) is 0 Å². The minimum atomic E-state index is -0.210. The van der Waals surface area contributed by atoms with Gasteiger partial charge >= 0.3 is 0 Å². The van der Waals surface area contributed by atoms with E-state index >= 15 is 0 Å². The van der Waals surface area contributed by atoms with E-state index < -0.39 is 0 Å². The van der Waals surface area contributed by atoms with Crippen molar-refractivity contribution in [2.24, 2.45) is 0 Å². The van der Waals surface area contributed by atoms with E-state index in [-0.39, 0.29) is 3.79 Å². The predicted octanol–water partition coefficient (Wildman–Crippen LogP) is 2.10. The molecule has 0 aliphatic carbocycles. The lowest BCUT2D eigenvalue weighted by Gasteiger charge is -1.82. The van der Waals surface area contributed by atoms with Gasteiger partial charge in [-0.05, 0) is 6.04 Å². The first-order valence-electron chi connectivity index (χ1n) is 1.55. The molecule has 0 unspecified atom stereocenters. The second-order valence-electron chi connectivity index (χ2n) is 0.799. The Balaban J connectivity index is 2.54. The molecular formula is C2H6I2Si. The molecule has 0 saturated heterocycles. The predicted molar refractivity (Wildman–Crippen MR) is 45.7 cm³/mol. The van der Waals surface area contributed by atoms with E-state index in [0.717, 1.165) is 0 Å². The second kappa shape index (κ2) is 3.85. The molecule has 0 heterocycles. The summed E-state index contributed by atoms with van der Waals surface area (Å²) in [7, 11) is 0. The highest BCUT2D eigenvalue weighted by Gasteiger charge is 1.89. The number of rotatable bonds is 1. The summed E-state index contributed by atoms with van der Waals surface area (Å²) in [5.41, 5.74) is 0. The summed E-state index contributed by atoms with van der Waals surface area (Å²) in [5, 5.41) is 0. The first-order valence-corrected chi connectivity index (χ1v) is 10.7. The molecule has 0 aromatic rings. The lowest BCUT2D eigenvalue weighted by molar-refractivity contribution is 1.48. The maximum atomic E-state index is 2.53. The zero-order valence-electron chi connectivity index (χ0n) is 3.04. The molecule has 0 aromatic heterocycles. The Kier molecular flexibility index (Phi) is 5.15. The summed E-state index contributed by atoms with van der Waals surface area (Å²) in [5.74, 6) is 0. The van der Waals surface area contributed by atoms with Crippen molar-refractivity contribution in [2.45, 2.75) is 13.0 Å². The van der Waals surface area contributed by atoms with Gasteiger partial charge in [0.2, 0.25) is 0 Å². The molecule has 0 aromatic carbocycles. The normalized spacial score (nSPS) is 9.60. The van der Waals surface area contributed by atoms with Crippen LogP contribution in [0.15, 0.2) is 0 Å². The van der Waals surface area contributed by atoms with Gasteiger partial charge in [-0.25, -0.2) is 0 Å². The highest BCUT2D eigenvalue weighted by molar-refractivity contribution is 14.3. The van der Waals surface area contributed by atoms with Gasteiger partial charge in [-0.1, -0.05) is 6.92 Å². The SMILES string of the molecule is CC[SiH](I)I. The van der Waals surface area contributed by atoms with Crippen LogP contribution in [0, 0.1) is 0 Å². The first kappa shape index (κ1) is 6.68. The number of hydrogen-bond donors (Lipinski definition) is 0. The van der Waals surface area contributed by atoms with Crippen LogP contribution in [0.5, 0.6) is 0 Å². The van der Waals surface area contributed by atoms with Crippen molar-refractivity contribution in [1.82, 2.24) is 0 Å². The summed E-state index contributed by atoms with van der Waals surface area (Å²) in [6, 6.07) is 1.42. The Morgan fingerprint density at radius 1 is 1.60 bits per heavy atom. The molecular weight excluding hydrogens is 306 g/mol. The minimum absolute atomic E-state index is 0.210. The second-order valence-corrected chi connectivity index (χ2v) is 18.6. The molecule has 3 heteroatoms. The topological polar surface area (TPSA) is 0 Å². The first-order chi connectivity index (χ1) is 2.27. The fourth-order valence-electron chi connectivity index (χ4n) is 0. The molecule has 0 saturated carbocycles. The summed E-state index contributed by atoms with van der Waals surface area (Å²) < 4.78 is -0.210. The maximum Gasteiger partial charge on any atom is 0.177 e. The average Bonchev–Trinajstić information content (AvgIpc) is 1.38. The Morgan fingerprint density at radius 3 is 1.80 bits per heavy atom. The largest absolute Gasteiger partial charge is 0.177 e. The van der Waals surface area contributed by atoms with Crippen molar-refractivity contribution in [3.05, 3.63) is 0 Å². The lowest BCUT2D eigenvalue weighted by atomic mass is 11.0. The molecule has 0 nitrogen and oxygen atoms in total. The van der Waals surface area contributed by atoms with Crippen LogP contribution in [0.3, 0.4) is 0 Å². The summed E-state index contributed by atoms with van der Waals surface area (Å²) in [6.45, 7) is 2.25.